The number of carbonyl (C=O) groups excluding carboxylic acids is 1. The largest absolute Gasteiger partial charge is 0.374 e. The van der Waals surface area contributed by atoms with Crippen LogP contribution in [0.5, 0.6) is 0 Å². The summed E-state index contributed by atoms with van der Waals surface area (Å²) in [5.74, 6) is 0.684. The Labute approximate surface area is 123 Å². The molecule has 5 heteroatoms. The summed E-state index contributed by atoms with van der Waals surface area (Å²) < 4.78 is 0. The van der Waals surface area contributed by atoms with E-state index >= 15 is 0 Å². The standard InChI is InChI=1S/C14H18Cl2N2O/c1-10-4-3-7-18(9-10)13(19)8-17-14-11(15)5-2-6-12(14)16/h2,5-6,10,17H,3-4,7-9H2,1H3. The summed E-state index contributed by atoms with van der Waals surface area (Å²) in [6.07, 6.45) is 2.29. The van der Waals surface area contributed by atoms with Crippen molar-refractivity contribution < 1.29 is 4.79 Å². The van der Waals surface area contributed by atoms with Crippen LogP contribution in [0.2, 0.25) is 10.0 Å². The van der Waals surface area contributed by atoms with Crippen molar-refractivity contribution in [2.24, 2.45) is 5.92 Å². The Bertz CT molecular complexity index is 445. The molecular weight excluding hydrogens is 283 g/mol. The van der Waals surface area contributed by atoms with Crippen LogP contribution in [0.4, 0.5) is 5.69 Å². The Morgan fingerprint density at radius 1 is 1.42 bits per heavy atom. The van der Waals surface area contributed by atoms with Gasteiger partial charge in [0.2, 0.25) is 5.91 Å². The van der Waals surface area contributed by atoms with Gasteiger partial charge in [0.1, 0.15) is 0 Å². The van der Waals surface area contributed by atoms with Crippen LogP contribution in [0.25, 0.3) is 0 Å². The minimum absolute atomic E-state index is 0.0996. The SMILES string of the molecule is CC1CCCN(C(=O)CNc2c(Cl)cccc2Cl)C1. The van der Waals surface area contributed by atoms with E-state index in [0.717, 1.165) is 19.5 Å². The zero-order valence-electron chi connectivity index (χ0n) is 11.0. The molecule has 0 aliphatic carbocycles. The number of benzene rings is 1. The van der Waals surface area contributed by atoms with Crippen LogP contribution >= 0.6 is 23.2 Å². The molecule has 1 atom stereocenters. The van der Waals surface area contributed by atoms with E-state index in [2.05, 4.69) is 12.2 Å². The van der Waals surface area contributed by atoms with Crippen LogP contribution < -0.4 is 5.32 Å². The Kier molecular flexibility index (Phi) is 4.94. The number of hydrogen-bond donors (Lipinski definition) is 1. The molecule has 1 amide bonds. The van der Waals surface area contributed by atoms with Crippen LogP contribution in [0.15, 0.2) is 18.2 Å². The van der Waals surface area contributed by atoms with Crippen molar-refractivity contribution in [2.45, 2.75) is 19.8 Å². The summed E-state index contributed by atoms with van der Waals surface area (Å²) in [6.45, 7) is 4.10. The zero-order valence-corrected chi connectivity index (χ0v) is 12.5. The van der Waals surface area contributed by atoms with Crippen molar-refractivity contribution in [2.75, 3.05) is 25.0 Å². The first kappa shape index (κ1) is 14.5. The molecule has 1 heterocycles. The van der Waals surface area contributed by atoms with E-state index in [9.17, 15) is 4.79 Å². The summed E-state index contributed by atoms with van der Waals surface area (Å²) in [6, 6.07) is 5.29. The number of carbonyl (C=O) groups is 1. The van der Waals surface area contributed by atoms with E-state index in [-0.39, 0.29) is 12.5 Å². The number of nitrogens with one attached hydrogen (secondary N) is 1. The smallest absolute Gasteiger partial charge is 0.241 e. The molecule has 1 N–H and O–H groups in total. The van der Waals surface area contributed by atoms with Crippen LogP contribution in [0.1, 0.15) is 19.8 Å². The van der Waals surface area contributed by atoms with Gasteiger partial charge >= 0.3 is 0 Å². The van der Waals surface area contributed by atoms with E-state index in [1.54, 1.807) is 18.2 Å². The van der Waals surface area contributed by atoms with Gasteiger partial charge in [-0.25, -0.2) is 0 Å². The lowest BCUT2D eigenvalue weighted by atomic mass is 10.0. The van der Waals surface area contributed by atoms with Crippen LogP contribution in [0.3, 0.4) is 0 Å². The maximum absolute atomic E-state index is 12.1. The van der Waals surface area contributed by atoms with Crippen molar-refractivity contribution in [1.82, 2.24) is 4.90 Å². The van der Waals surface area contributed by atoms with Gasteiger partial charge in [-0.3, -0.25) is 4.79 Å². The predicted molar refractivity (Wildman–Crippen MR) is 79.9 cm³/mol. The highest BCUT2D eigenvalue weighted by atomic mass is 35.5. The molecule has 0 saturated carbocycles. The fourth-order valence-corrected chi connectivity index (χ4v) is 2.89. The molecule has 1 aromatic rings. The maximum atomic E-state index is 12.1. The van der Waals surface area contributed by atoms with Crippen LogP contribution in [0, 0.1) is 5.92 Å². The van der Waals surface area contributed by atoms with Crippen molar-refractivity contribution in [3.63, 3.8) is 0 Å². The number of rotatable bonds is 3. The van der Waals surface area contributed by atoms with Gasteiger partial charge in [-0.05, 0) is 30.9 Å². The molecule has 3 nitrogen and oxygen atoms in total. The van der Waals surface area contributed by atoms with Gasteiger partial charge in [-0.2, -0.15) is 0 Å². The third-order valence-corrected chi connectivity index (χ3v) is 4.02. The minimum Gasteiger partial charge on any atom is -0.374 e. The van der Waals surface area contributed by atoms with Crippen LogP contribution in [-0.4, -0.2) is 30.4 Å². The number of anilines is 1. The molecular formula is C14H18Cl2N2O. The highest BCUT2D eigenvalue weighted by Gasteiger charge is 2.20. The van der Waals surface area contributed by atoms with E-state index in [4.69, 9.17) is 23.2 Å². The topological polar surface area (TPSA) is 32.3 Å². The normalized spacial score (nSPS) is 19.3. The fraction of sp³-hybridized carbons (Fsp3) is 0.500. The average Bonchev–Trinajstić information content (AvgIpc) is 2.38. The van der Waals surface area contributed by atoms with Crippen molar-refractivity contribution in [1.29, 1.82) is 0 Å². The van der Waals surface area contributed by atoms with Crippen molar-refractivity contribution in [3.8, 4) is 0 Å². The third kappa shape index (κ3) is 3.77. The van der Waals surface area contributed by atoms with Gasteiger partial charge in [-0.15, -0.1) is 0 Å². The second kappa shape index (κ2) is 6.49. The predicted octanol–water partition coefficient (Wildman–Crippen LogP) is 3.66. The Balaban J connectivity index is 1.93. The summed E-state index contributed by atoms with van der Waals surface area (Å²) >= 11 is 12.1. The first-order valence-corrected chi connectivity index (χ1v) is 7.29. The number of piperidine rings is 1. The van der Waals surface area contributed by atoms with Crippen LogP contribution in [-0.2, 0) is 4.79 Å². The quantitative estimate of drug-likeness (QED) is 0.924. The molecule has 0 radical (unpaired) electrons. The average molecular weight is 301 g/mol. The monoisotopic (exact) mass is 300 g/mol. The number of para-hydroxylation sites is 1. The van der Waals surface area contributed by atoms with Crippen molar-refractivity contribution in [3.05, 3.63) is 28.2 Å². The maximum Gasteiger partial charge on any atom is 0.241 e. The molecule has 1 unspecified atom stereocenters. The van der Waals surface area contributed by atoms with Gasteiger partial charge < -0.3 is 10.2 Å². The van der Waals surface area contributed by atoms with Crippen molar-refractivity contribution >= 4 is 34.8 Å². The molecule has 0 spiro atoms. The molecule has 104 valence electrons. The van der Waals surface area contributed by atoms with E-state index in [0.29, 0.717) is 21.7 Å². The fourth-order valence-electron chi connectivity index (χ4n) is 2.36. The zero-order chi connectivity index (χ0) is 13.8. The molecule has 1 fully saturated rings. The lowest BCUT2D eigenvalue weighted by Crippen LogP contribution is -2.42. The number of hydrogen-bond acceptors (Lipinski definition) is 2. The Morgan fingerprint density at radius 3 is 2.74 bits per heavy atom. The molecule has 1 aromatic carbocycles. The molecule has 0 aromatic heterocycles. The lowest BCUT2D eigenvalue weighted by Gasteiger charge is -2.31. The van der Waals surface area contributed by atoms with Gasteiger partial charge in [-0.1, -0.05) is 36.2 Å². The summed E-state index contributed by atoms with van der Waals surface area (Å²) in [5.41, 5.74) is 0.629. The number of likely N-dealkylation sites (tertiary alicyclic amines) is 1. The highest BCUT2D eigenvalue weighted by molar-refractivity contribution is 6.39. The number of nitrogens with zero attached hydrogens (tertiary/aromatic N) is 1. The molecule has 2 rings (SSSR count). The minimum atomic E-state index is 0.0996. The summed E-state index contributed by atoms with van der Waals surface area (Å²) in [7, 11) is 0. The van der Waals surface area contributed by atoms with Gasteiger partial charge in [0.05, 0.1) is 22.3 Å². The van der Waals surface area contributed by atoms with E-state index in [1.807, 2.05) is 4.90 Å². The number of amides is 1. The number of halogens is 2. The molecule has 0 bridgehead atoms. The van der Waals surface area contributed by atoms with Gasteiger partial charge in [0.15, 0.2) is 0 Å². The highest BCUT2D eigenvalue weighted by Crippen LogP contribution is 2.29. The molecule has 19 heavy (non-hydrogen) atoms. The second-order valence-corrected chi connectivity index (χ2v) is 5.85. The summed E-state index contributed by atoms with van der Waals surface area (Å²) in [4.78, 5) is 14.0. The van der Waals surface area contributed by atoms with E-state index in [1.165, 1.54) is 6.42 Å². The third-order valence-electron chi connectivity index (χ3n) is 3.39. The second-order valence-electron chi connectivity index (χ2n) is 5.04. The van der Waals surface area contributed by atoms with Gasteiger partial charge in [0, 0.05) is 13.1 Å². The lowest BCUT2D eigenvalue weighted by molar-refractivity contribution is -0.130. The first-order chi connectivity index (χ1) is 9.08. The molecule has 1 saturated heterocycles. The molecule has 1 aliphatic rings. The van der Waals surface area contributed by atoms with E-state index < -0.39 is 0 Å². The van der Waals surface area contributed by atoms with Gasteiger partial charge in [0.25, 0.3) is 0 Å². The first-order valence-electron chi connectivity index (χ1n) is 6.53. The Hall–Kier alpha value is -0.930. The Morgan fingerprint density at radius 2 is 2.11 bits per heavy atom. The summed E-state index contributed by atoms with van der Waals surface area (Å²) in [5, 5.41) is 4.11. The molecule has 1 aliphatic heterocycles.